The lowest BCUT2D eigenvalue weighted by atomic mass is 10.1. The number of carbonyl (C=O) groups is 1. The van der Waals surface area contributed by atoms with Crippen molar-refractivity contribution < 1.29 is 34.0 Å². The van der Waals surface area contributed by atoms with Crippen molar-refractivity contribution in [3.05, 3.63) is 5.56 Å². The number of rotatable bonds is 27. The summed E-state index contributed by atoms with van der Waals surface area (Å²) in [5.74, 6) is -1.17. The van der Waals surface area contributed by atoms with Gasteiger partial charge >= 0.3 is 5.97 Å². The summed E-state index contributed by atoms with van der Waals surface area (Å²) in [6, 6.07) is 0. The van der Waals surface area contributed by atoms with Crippen molar-refractivity contribution in [2.24, 2.45) is 0 Å². The van der Waals surface area contributed by atoms with Crippen LogP contribution in [0.15, 0.2) is 0 Å². The molecule has 0 spiro atoms. The van der Waals surface area contributed by atoms with Gasteiger partial charge in [0.1, 0.15) is 0 Å². The maximum Gasteiger partial charge on any atom is 0.343 e. The molecule has 0 atom stereocenters. The highest BCUT2D eigenvalue weighted by Crippen LogP contribution is 2.53. The van der Waals surface area contributed by atoms with Gasteiger partial charge in [-0.2, -0.15) is 0 Å². The number of ether oxygens (including phenoxy) is 4. The molecule has 0 saturated heterocycles. The van der Waals surface area contributed by atoms with E-state index in [4.69, 9.17) is 18.9 Å². The van der Waals surface area contributed by atoms with E-state index in [0.717, 1.165) is 103 Å². The van der Waals surface area contributed by atoms with Crippen LogP contribution in [-0.2, 0) is 0 Å². The van der Waals surface area contributed by atoms with Gasteiger partial charge in [0.15, 0.2) is 17.1 Å². The minimum atomic E-state index is -1.28. The van der Waals surface area contributed by atoms with Gasteiger partial charge in [0.2, 0.25) is 17.2 Å². The highest BCUT2D eigenvalue weighted by Gasteiger charge is 2.32. The fraction of sp³-hybridized carbons (Fsp3) is 0.788. The van der Waals surface area contributed by atoms with Crippen molar-refractivity contribution in [1.29, 1.82) is 0 Å². The van der Waals surface area contributed by atoms with Crippen LogP contribution in [0.25, 0.3) is 0 Å². The van der Waals surface area contributed by atoms with E-state index in [2.05, 4.69) is 27.7 Å². The van der Waals surface area contributed by atoms with E-state index in [9.17, 15) is 15.0 Å². The highest BCUT2D eigenvalue weighted by atomic mass is 16.6. The van der Waals surface area contributed by atoms with E-state index < -0.39 is 11.7 Å². The van der Waals surface area contributed by atoms with Crippen LogP contribution in [0.1, 0.15) is 154 Å². The predicted octanol–water partition coefficient (Wildman–Crippen LogP) is 9.71. The third-order valence-corrected chi connectivity index (χ3v) is 6.99. The molecule has 0 fully saturated rings. The molecule has 1 aromatic rings. The van der Waals surface area contributed by atoms with Gasteiger partial charge in [-0.05, 0) is 25.7 Å². The molecule has 1 aromatic carbocycles. The van der Waals surface area contributed by atoms with Crippen molar-refractivity contribution in [3.63, 3.8) is 0 Å². The largest absolute Gasteiger partial charge is 0.503 e. The molecular formula is C33H58O7. The fourth-order valence-electron chi connectivity index (χ4n) is 4.55. The molecule has 0 amide bonds. The second-order valence-electron chi connectivity index (χ2n) is 10.7. The monoisotopic (exact) mass is 566 g/mol. The molecule has 0 aliphatic heterocycles. The Labute approximate surface area is 243 Å². The Morgan fingerprint density at radius 3 is 1.18 bits per heavy atom. The van der Waals surface area contributed by atoms with Gasteiger partial charge in [0, 0.05) is 0 Å². The summed E-state index contributed by atoms with van der Waals surface area (Å²) in [5.41, 5.74) is -0.324. The molecule has 0 heterocycles. The lowest BCUT2D eigenvalue weighted by molar-refractivity contribution is 0.0685. The number of hydrogen-bond donors (Lipinski definition) is 2. The van der Waals surface area contributed by atoms with E-state index in [1.54, 1.807) is 0 Å². The summed E-state index contributed by atoms with van der Waals surface area (Å²) in [5, 5.41) is 21.3. The number of aromatic hydroxyl groups is 1. The second kappa shape index (κ2) is 23.4. The zero-order valence-corrected chi connectivity index (χ0v) is 26.0. The van der Waals surface area contributed by atoms with Crippen molar-refractivity contribution in [2.75, 3.05) is 26.4 Å². The normalized spacial score (nSPS) is 11.0. The zero-order valence-electron chi connectivity index (χ0n) is 26.0. The molecule has 0 bridgehead atoms. The lowest BCUT2D eigenvalue weighted by Crippen LogP contribution is -2.13. The van der Waals surface area contributed by atoms with E-state index in [1.165, 1.54) is 12.8 Å². The predicted molar refractivity (Wildman–Crippen MR) is 163 cm³/mol. The highest BCUT2D eigenvalue weighted by molar-refractivity contribution is 5.97. The first kappa shape index (κ1) is 35.7. The lowest BCUT2D eigenvalue weighted by Gasteiger charge is -2.23. The summed E-state index contributed by atoms with van der Waals surface area (Å²) >= 11 is 0. The zero-order chi connectivity index (χ0) is 29.4. The van der Waals surface area contributed by atoms with Crippen LogP contribution in [0, 0.1) is 0 Å². The number of phenols is 1. The number of carboxylic acid groups (broad SMARTS) is 1. The Morgan fingerprint density at radius 2 is 0.775 bits per heavy atom. The Hall–Kier alpha value is -2.31. The molecule has 0 radical (unpaired) electrons. The first-order valence-electron chi connectivity index (χ1n) is 16.2. The van der Waals surface area contributed by atoms with Crippen LogP contribution < -0.4 is 18.9 Å². The van der Waals surface area contributed by atoms with Gasteiger partial charge in [-0.1, -0.05) is 118 Å². The van der Waals surface area contributed by atoms with Gasteiger partial charge in [-0.3, -0.25) is 0 Å². The summed E-state index contributed by atoms with van der Waals surface area (Å²) in [4.78, 5) is 12.4. The first-order chi connectivity index (χ1) is 19.5. The summed E-state index contributed by atoms with van der Waals surface area (Å²) < 4.78 is 24.6. The molecular weight excluding hydrogens is 508 g/mol. The minimum absolute atomic E-state index is 0.0379. The SMILES string of the molecule is CCCCCCCOc1c(OCCCCC)c(O)c(C(=O)O)c(OCCCCCCC)c1OCCCCCCC. The molecule has 0 aliphatic carbocycles. The quantitative estimate of drug-likeness (QED) is 0.102. The van der Waals surface area contributed by atoms with Gasteiger partial charge < -0.3 is 29.2 Å². The number of benzene rings is 1. The van der Waals surface area contributed by atoms with Crippen LogP contribution in [0.5, 0.6) is 28.7 Å². The number of aromatic carboxylic acids is 1. The molecule has 0 unspecified atom stereocenters. The standard InChI is InChI=1S/C33H58O7/c1-5-9-13-16-20-24-37-29-27(33(35)36)28(34)30(38-23-19-12-8-4)32(40-26-22-18-15-11-7-3)31(29)39-25-21-17-14-10-6-2/h34H,5-26H2,1-4H3,(H,35,36). The molecule has 0 aliphatic rings. The molecule has 0 aromatic heterocycles. The minimum Gasteiger partial charge on any atom is -0.503 e. The molecule has 232 valence electrons. The maximum atomic E-state index is 12.4. The van der Waals surface area contributed by atoms with Crippen LogP contribution >= 0.6 is 0 Å². The van der Waals surface area contributed by atoms with Crippen LogP contribution in [0.3, 0.4) is 0 Å². The summed E-state index contributed by atoms with van der Waals surface area (Å²) in [6.07, 6.45) is 18.7. The average Bonchev–Trinajstić information content (AvgIpc) is 2.94. The third-order valence-electron chi connectivity index (χ3n) is 6.99. The van der Waals surface area contributed by atoms with Crippen LogP contribution in [0.2, 0.25) is 0 Å². The van der Waals surface area contributed by atoms with Crippen molar-refractivity contribution >= 4 is 5.97 Å². The smallest absolute Gasteiger partial charge is 0.343 e. The van der Waals surface area contributed by atoms with Gasteiger partial charge in [0.25, 0.3) is 0 Å². The Morgan fingerprint density at radius 1 is 0.475 bits per heavy atom. The molecule has 7 heteroatoms. The number of hydrogen-bond acceptors (Lipinski definition) is 6. The fourth-order valence-corrected chi connectivity index (χ4v) is 4.55. The number of carboxylic acids is 1. The van der Waals surface area contributed by atoms with Crippen molar-refractivity contribution in [3.8, 4) is 28.7 Å². The topological polar surface area (TPSA) is 94.5 Å². The Balaban J connectivity index is 3.35. The van der Waals surface area contributed by atoms with Gasteiger partial charge in [-0.15, -0.1) is 0 Å². The third kappa shape index (κ3) is 13.8. The van der Waals surface area contributed by atoms with Crippen molar-refractivity contribution in [2.45, 2.75) is 143 Å². The molecule has 40 heavy (non-hydrogen) atoms. The van der Waals surface area contributed by atoms with Crippen molar-refractivity contribution in [1.82, 2.24) is 0 Å². The van der Waals surface area contributed by atoms with Crippen LogP contribution in [0.4, 0.5) is 0 Å². The molecule has 1 rings (SSSR count). The van der Waals surface area contributed by atoms with E-state index in [-0.39, 0.29) is 28.6 Å². The van der Waals surface area contributed by atoms with Crippen LogP contribution in [-0.4, -0.2) is 42.6 Å². The van der Waals surface area contributed by atoms with E-state index >= 15 is 0 Å². The van der Waals surface area contributed by atoms with Gasteiger partial charge in [-0.25, -0.2) is 4.79 Å². The first-order valence-corrected chi connectivity index (χ1v) is 16.2. The van der Waals surface area contributed by atoms with E-state index in [1.807, 2.05) is 0 Å². The molecule has 7 nitrogen and oxygen atoms in total. The maximum absolute atomic E-state index is 12.4. The second-order valence-corrected chi connectivity index (χ2v) is 10.7. The Bertz CT molecular complexity index is 794. The average molecular weight is 567 g/mol. The summed E-state index contributed by atoms with van der Waals surface area (Å²) in [7, 11) is 0. The van der Waals surface area contributed by atoms with Gasteiger partial charge in [0.05, 0.1) is 26.4 Å². The molecule has 0 saturated carbocycles. The van der Waals surface area contributed by atoms with E-state index in [0.29, 0.717) is 26.4 Å². The summed E-state index contributed by atoms with van der Waals surface area (Å²) in [6.45, 7) is 10.1. The number of unbranched alkanes of at least 4 members (excludes halogenated alkanes) is 14. The Kier molecular flexibility index (Phi) is 20.9. The molecule has 2 N–H and O–H groups in total.